The Labute approximate surface area is 127 Å². The second-order valence-electron chi connectivity index (χ2n) is 7.29. The van der Waals surface area contributed by atoms with Crippen molar-refractivity contribution in [1.82, 2.24) is 5.32 Å². The fourth-order valence-electron chi connectivity index (χ4n) is 5.00. The van der Waals surface area contributed by atoms with Crippen molar-refractivity contribution in [2.45, 2.75) is 50.6 Å². The summed E-state index contributed by atoms with van der Waals surface area (Å²) >= 11 is 0. The fraction of sp³-hybridized carbons (Fsp3) is 0.933. The molecule has 5 nitrogen and oxygen atoms in total. The molecule has 3 N–H and O–H groups in total. The molecule has 6 heteroatoms. The summed E-state index contributed by atoms with van der Waals surface area (Å²) in [6.07, 6.45) is 7.77. The van der Waals surface area contributed by atoms with E-state index in [0.29, 0.717) is 5.92 Å². The number of rotatable bonds is 5. The minimum Gasteiger partial charge on any atom is -0.352 e. The molecular weight excluding hydrogens is 288 g/mol. The summed E-state index contributed by atoms with van der Waals surface area (Å²) in [6, 6.07) is -0.440. The van der Waals surface area contributed by atoms with E-state index in [1.165, 1.54) is 31.9 Å². The Morgan fingerprint density at radius 1 is 1.24 bits per heavy atom. The maximum absolute atomic E-state index is 12.2. The Kier molecular flexibility index (Phi) is 4.03. The molecule has 21 heavy (non-hydrogen) atoms. The summed E-state index contributed by atoms with van der Waals surface area (Å²) < 4.78 is 22.3. The molecular formula is C15H26N2O3S. The molecule has 0 heterocycles. The van der Waals surface area contributed by atoms with Crippen LogP contribution in [0.4, 0.5) is 0 Å². The number of carbonyl (C=O) groups excluding carboxylic acids is 1. The van der Waals surface area contributed by atoms with Gasteiger partial charge < -0.3 is 11.1 Å². The first kappa shape index (κ1) is 15.3. The van der Waals surface area contributed by atoms with Crippen LogP contribution in [0.15, 0.2) is 0 Å². The van der Waals surface area contributed by atoms with Crippen LogP contribution in [0.5, 0.6) is 0 Å². The number of nitrogens with two attached hydrogens (primary N) is 1. The maximum atomic E-state index is 12.2. The Morgan fingerprint density at radius 2 is 1.95 bits per heavy atom. The summed E-state index contributed by atoms with van der Waals surface area (Å²) in [6.45, 7) is 0. The molecule has 0 aromatic heterocycles. The van der Waals surface area contributed by atoms with Crippen LogP contribution in [0, 0.1) is 23.7 Å². The molecule has 0 radical (unpaired) electrons. The molecule has 1 amide bonds. The molecule has 120 valence electrons. The number of hydrogen-bond acceptors (Lipinski definition) is 4. The smallest absolute Gasteiger partial charge is 0.237 e. The molecule has 6 unspecified atom stereocenters. The first-order valence-electron chi connectivity index (χ1n) is 8.09. The maximum Gasteiger partial charge on any atom is 0.237 e. The van der Waals surface area contributed by atoms with Gasteiger partial charge in [-0.1, -0.05) is 6.42 Å². The molecule has 0 aromatic carbocycles. The molecule has 0 spiro atoms. The predicted molar refractivity (Wildman–Crippen MR) is 81.3 cm³/mol. The third-order valence-electron chi connectivity index (χ3n) is 5.89. The fourth-order valence-corrected chi connectivity index (χ4v) is 5.68. The van der Waals surface area contributed by atoms with E-state index >= 15 is 0 Å². The lowest BCUT2D eigenvalue weighted by atomic mass is 9.79. The highest BCUT2D eigenvalue weighted by Gasteiger charge is 2.54. The number of fused-ring (bicyclic) bond motifs is 5. The number of amides is 1. The molecule has 2 bridgehead atoms. The Balaban J connectivity index is 1.52. The van der Waals surface area contributed by atoms with Crippen LogP contribution in [0.25, 0.3) is 0 Å². The van der Waals surface area contributed by atoms with Gasteiger partial charge in [-0.05, 0) is 55.8 Å². The van der Waals surface area contributed by atoms with Crippen molar-refractivity contribution < 1.29 is 13.2 Å². The first-order chi connectivity index (χ1) is 9.85. The van der Waals surface area contributed by atoms with Crippen LogP contribution >= 0.6 is 0 Å². The van der Waals surface area contributed by atoms with Gasteiger partial charge in [-0.3, -0.25) is 4.79 Å². The lowest BCUT2D eigenvalue weighted by Gasteiger charge is -2.32. The first-order valence-corrected chi connectivity index (χ1v) is 10.1. The van der Waals surface area contributed by atoms with Gasteiger partial charge in [0, 0.05) is 12.3 Å². The average Bonchev–Trinajstić information content (AvgIpc) is 3.06. The number of carbonyl (C=O) groups is 1. The van der Waals surface area contributed by atoms with E-state index in [2.05, 4.69) is 5.32 Å². The number of hydrogen-bond donors (Lipinski definition) is 2. The highest BCUT2D eigenvalue weighted by molar-refractivity contribution is 7.90. The second kappa shape index (κ2) is 5.54. The van der Waals surface area contributed by atoms with E-state index < -0.39 is 15.9 Å². The van der Waals surface area contributed by atoms with Gasteiger partial charge >= 0.3 is 0 Å². The van der Waals surface area contributed by atoms with Crippen molar-refractivity contribution in [3.05, 3.63) is 0 Å². The summed E-state index contributed by atoms with van der Waals surface area (Å²) in [5.41, 5.74) is 5.83. The molecule has 0 aromatic rings. The van der Waals surface area contributed by atoms with Gasteiger partial charge in [0.25, 0.3) is 0 Å². The Hall–Kier alpha value is -0.620. The monoisotopic (exact) mass is 314 g/mol. The highest BCUT2D eigenvalue weighted by Crippen LogP contribution is 2.58. The Morgan fingerprint density at radius 3 is 2.67 bits per heavy atom. The van der Waals surface area contributed by atoms with E-state index in [9.17, 15) is 13.2 Å². The van der Waals surface area contributed by atoms with E-state index in [1.807, 2.05) is 0 Å². The second-order valence-corrected chi connectivity index (χ2v) is 9.55. The van der Waals surface area contributed by atoms with Crippen LogP contribution < -0.4 is 11.1 Å². The molecule has 3 fully saturated rings. The van der Waals surface area contributed by atoms with Crippen LogP contribution in [-0.4, -0.2) is 38.4 Å². The van der Waals surface area contributed by atoms with Crippen molar-refractivity contribution >= 4 is 15.7 Å². The van der Waals surface area contributed by atoms with E-state index in [1.54, 1.807) is 0 Å². The third kappa shape index (κ3) is 3.11. The lowest BCUT2D eigenvalue weighted by Crippen LogP contribution is -2.49. The van der Waals surface area contributed by atoms with Gasteiger partial charge in [0.05, 0.1) is 11.8 Å². The van der Waals surface area contributed by atoms with E-state index in [0.717, 1.165) is 24.2 Å². The van der Waals surface area contributed by atoms with Gasteiger partial charge in [-0.25, -0.2) is 8.42 Å². The standard InChI is InChI=1S/C15H26N2O3S/c1-21(19,20)6-5-13(16)15(18)17-14-8-9-7-12(14)11-4-2-3-10(9)11/h9-14H,2-8,16H2,1H3,(H,17,18). The zero-order chi connectivity index (χ0) is 15.2. The van der Waals surface area contributed by atoms with Crippen molar-refractivity contribution in [2.75, 3.05) is 12.0 Å². The molecule has 0 saturated heterocycles. The minimum atomic E-state index is -3.06. The summed E-state index contributed by atoms with van der Waals surface area (Å²) in [5, 5.41) is 3.10. The largest absolute Gasteiger partial charge is 0.352 e. The number of nitrogens with one attached hydrogen (secondary N) is 1. The van der Waals surface area contributed by atoms with Crippen molar-refractivity contribution in [1.29, 1.82) is 0 Å². The van der Waals surface area contributed by atoms with Crippen molar-refractivity contribution in [3.63, 3.8) is 0 Å². The zero-order valence-corrected chi connectivity index (χ0v) is 13.4. The van der Waals surface area contributed by atoms with Gasteiger partial charge in [-0.2, -0.15) is 0 Å². The summed E-state index contributed by atoms with van der Waals surface area (Å²) in [4.78, 5) is 12.2. The average molecular weight is 314 g/mol. The molecule has 3 aliphatic carbocycles. The van der Waals surface area contributed by atoms with Crippen LogP contribution in [0.3, 0.4) is 0 Å². The number of sulfone groups is 1. The summed E-state index contributed by atoms with van der Waals surface area (Å²) in [7, 11) is -3.06. The SMILES string of the molecule is CS(=O)(=O)CCC(N)C(=O)NC1CC2CC1C1CCCC21. The molecule has 3 rings (SSSR count). The van der Waals surface area contributed by atoms with Crippen molar-refractivity contribution in [3.8, 4) is 0 Å². The summed E-state index contributed by atoms with van der Waals surface area (Å²) in [5.74, 6) is 2.94. The van der Waals surface area contributed by atoms with Crippen LogP contribution in [0.2, 0.25) is 0 Å². The minimum absolute atomic E-state index is 0.0248. The zero-order valence-electron chi connectivity index (χ0n) is 12.6. The molecule has 3 aliphatic rings. The highest BCUT2D eigenvalue weighted by atomic mass is 32.2. The van der Waals surface area contributed by atoms with Gasteiger partial charge in [0.15, 0.2) is 0 Å². The molecule has 6 atom stereocenters. The third-order valence-corrected chi connectivity index (χ3v) is 6.87. The van der Waals surface area contributed by atoms with Crippen LogP contribution in [0.1, 0.15) is 38.5 Å². The lowest BCUT2D eigenvalue weighted by molar-refractivity contribution is -0.123. The van der Waals surface area contributed by atoms with E-state index in [-0.39, 0.29) is 24.1 Å². The topological polar surface area (TPSA) is 89.3 Å². The quantitative estimate of drug-likeness (QED) is 0.781. The molecule has 3 saturated carbocycles. The van der Waals surface area contributed by atoms with E-state index in [4.69, 9.17) is 5.73 Å². The van der Waals surface area contributed by atoms with Crippen molar-refractivity contribution in [2.24, 2.45) is 29.4 Å². The van der Waals surface area contributed by atoms with Gasteiger partial charge in [-0.15, -0.1) is 0 Å². The normalized spacial score (nSPS) is 39.2. The van der Waals surface area contributed by atoms with Gasteiger partial charge in [0.2, 0.25) is 5.91 Å². The van der Waals surface area contributed by atoms with Crippen LogP contribution in [-0.2, 0) is 14.6 Å². The van der Waals surface area contributed by atoms with Gasteiger partial charge in [0.1, 0.15) is 9.84 Å². The predicted octanol–water partition coefficient (Wildman–Crippen LogP) is 0.689. The Bertz CT molecular complexity index is 519. The molecule has 0 aliphatic heterocycles.